The molecule has 0 aliphatic rings. The van der Waals surface area contributed by atoms with Gasteiger partial charge in [-0.3, -0.25) is 9.59 Å². The van der Waals surface area contributed by atoms with Crippen LogP contribution in [0.2, 0.25) is 0 Å². The Bertz CT molecular complexity index is 462. The van der Waals surface area contributed by atoms with E-state index in [-0.39, 0.29) is 0 Å². The second-order valence-electron chi connectivity index (χ2n) is 11.4. The first kappa shape index (κ1) is 32.6. The third-order valence-corrected chi connectivity index (χ3v) is 7.45. The topological polar surface area (TPSA) is 34.1 Å². The number of thioether (sulfide) groups is 1. The van der Waals surface area contributed by atoms with Crippen molar-refractivity contribution in [2.45, 2.75) is 104 Å². The Hall–Kier alpha value is -0.390. The second kappa shape index (κ2) is 19.9. The summed E-state index contributed by atoms with van der Waals surface area (Å²) in [5.74, 6) is 2.98. The van der Waals surface area contributed by atoms with E-state index >= 15 is 0 Å². The van der Waals surface area contributed by atoms with Crippen molar-refractivity contribution in [1.29, 1.82) is 0 Å². The van der Waals surface area contributed by atoms with E-state index in [1.807, 2.05) is 11.8 Å². The molecule has 0 aromatic heterocycles. The molecule has 0 rings (SSSR count). The minimum atomic E-state index is 0.419. The molecule has 4 nitrogen and oxygen atoms in total. The molecule has 33 heavy (non-hydrogen) atoms. The van der Waals surface area contributed by atoms with Gasteiger partial charge < -0.3 is 8.97 Å². The predicted octanol–water partition coefficient (Wildman–Crippen LogP) is 6.51. The monoisotopic (exact) mass is 486 g/mol. The molecule has 196 valence electrons. The second-order valence-corrected chi connectivity index (χ2v) is 12.6. The van der Waals surface area contributed by atoms with Crippen LogP contribution in [0.1, 0.15) is 104 Å². The molecule has 5 heteroatoms. The zero-order valence-corrected chi connectivity index (χ0v) is 24.1. The number of rotatable bonds is 24. The Kier molecular flexibility index (Phi) is 19.6. The molecule has 0 saturated carbocycles. The summed E-state index contributed by atoms with van der Waals surface area (Å²) in [7, 11) is 8.72. The van der Waals surface area contributed by atoms with Crippen molar-refractivity contribution >= 4 is 23.3 Å². The molecule has 0 fully saturated rings. The van der Waals surface area contributed by atoms with E-state index < -0.39 is 0 Å². The van der Waals surface area contributed by atoms with Gasteiger partial charge in [0.2, 0.25) is 0 Å². The largest absolute Gasteiger partial charge is 0.322 e. The normalized spacial score (nSPS) is 12.3. The van der Waals surface area contributed by atoms with Crippen LogP contribution in [0.5, 0.6) is 0 Å². The van der Waals surface area contributed by atoms with Crippen molar-refractivity contribution in [2.75, 3.05) is 65.9 Å². The van der Waals surface area contributed by atoms with Gasteiger partial charge >= 0.3 is 0 Å². The molecule has 0 atom stereocenters. The van der Waals surface area contributed by atoms with E-state index in [2.05, 4.69) is 42.0 Å². The summed E-state index contributed by atoms with van der Waals surface area (Å²) in [6.07, 6.45) is 16.4. The maximum atomic E-state index is 12.4. The van der Waals surface area contributed by atoms with E-state index in [9.17, 15) is 9.59 Å². The number of unbranched alkanes of at least 4 members (excludes halogenated alkanes) is 10. The third kappa shape index (κ3) is 21.9. The van der Waals surface area contributed by atoms with Crippen molar-refractivity contribution in [3.63, 3.8) is 0 Å². The van der Waals surface area contributed by atoms with Gasteiger partial charge in [0, 0.05) is 24.3 Å². The summed E-state index contributed by atoms with van der Waals surface area (Å²) in [5.41, 5.74) is 0. The number of ketones is 2. The SMILES string of the molecule is CCCCCCCCC(=O)C[N+](C)(C)CCSCC[N+](C)(C)CC(=O)CCCCCCCC. The number of carbonyl (C=O) groups is 2. The molecular formula is C28H58N2O2S+2. The van der Waals surface area contributed by atoms with Crippen molar-refractivity contribution in [3.8, 4) is 0 Å². The van der Waals surface area contributed by atoms with Crippen LogP contribution in [-0.2, 0) is 9.59 Å². The lowest BCUT2D eigenvalue weighted by Crippen LogP contribution is -2.46. The summed E-state index contributed by atoms with van der Waals surface area (Å²) < 4.78 is 1.58. The summed E-state index contributed by atoms with van der Waals surface area (Å²) in [5, 5.41) is 0. The first-order valence-corrected chi connectivity index (χ1v) is 15.0. The standard InChI is InChI=1S/C28H58N2O2S/c1-7-9-11-13-15-17-19-27(31)25-29(3,4)21-23-33-24-22-30(5,6)26-28(32)20-18-16-14-12-10-8-2/h7-26H2,1-6H3/q+2. The molecule has 0 bridgehead atoms. The van der Waals surface area contributed by atoms with E-state index in [0.717, 1.165) is 59.2 Å². The Morgan fingerprint density at radius 2 is 0.879 bits per heavy atom. The maximum Gasteiger partial charge on any atom is 0.186 e. The number of carbonyl (C=O) groups excluding carboxylic acids is 2. The van der Waals surface area contributed by atoms with Crippen LogP contribution in [0.3, 0.4) is 0 Å². The lowest BCUT2D eigenvalue weighted by atomic mass is 10.1. The predicted molar refractivity (Wildman–Crippen MR) is 147 cm³/mol. The van der Waals surface area contributed by atoms with Crippen LogP contribution in [0.4, 0.5) is 0 Å². The Balaban J connectivity index is 3.88. The molecule has 0 aliphatic carbocycles. The minimum Gasteiger partial charge on any atom is -0.322 e. The summed E-state index contributed by atoms with van der Waals surface area (Å²) in [6.45, 7) is 7.84. The average molecular weight is 487 g/mol. The number of hydrogen-bond acceptors (Lipinski definition) is 3. The van der Waals surface area contributed by atoms with Gasteiger partial charge in [-0.15, -0.1) is 0 Å². The van der Waals surface area contributed by atoms with Gasteiger partial charge in [0.25, 0.3) is 0 Å². The van der Waals surface area contributed by atoms with Crippen LogP contribution in [0, 0.1) is 0 Å². The average Bonchev–Trinajstić information content (AvgIpc) is 2.72. The summed E-state index contributed by atoms with van der Waals surface area (Å²) >= 11 is 1.97. The minimum absolute atomic E-state index is 0.419. The van der Waals surface area contributed by atoms with Crippen LogP contribution >= 0.6 is 11.8 Å². The highest BCUT2D eigenvalue weighted by molar-refractivity contribution is 7.99. The van der Waals surface area contributed by atoms with Gasteiger partial charge in [-0.2, -0.15) is 11.8 Å². The highest BCUT2D eigenvalue weighted by atomic mass is 32.2. The van der Waals surface area contributed by atoms with E-state index in [1.165, 1.54) is 64.2 Å². The van der Waals surface area contributed by atoms with E-state index in [0.29, 0.717) is 24.7 Å². The number of Topliss-reactive ketones (excluding diaryl/α,β-unsaturated/α-hetero) is 2. The third-order valence-electron chi connectivity index (χ3n) is 6.51. The Labute approximate surface area is 211 Å². The number of nitrogens with zero attached hydrogens (tertiary/aromatic N) is 2. The molecular weight excluding hydrogens is 428 g/mol. The van der Waals surface area contributed by atoms with Gasteiger partial charge in [0.1, 0.15) is 13.1 Å². The number of quaternary nitrogens is 2. The smallest absolute Gasteiger partial charge is 0.186 e. The molecule has 0 heterocycles. The van der Waals surface area contributed by atoms with Crippen LogP contribution in [0.25, 0.3) is 0 Å². The first-order valence-electron chi connectivity index (χ1n) is 13.9. The van der Waals surface area contributed by atoms with E-state index in [4.69, 9.17) is 0 Å². The lowest BCUT2D eigenvalue weighted by Gasteiger charge is -2.30. The molecule has 0 unspecified atom stereocenters. The fourth-order valence-corrected chi connectivity index (χ4v) is 5.65. The molecule has 0 N–H and O–H groups in total. The molecule has 0 aromatic carbocycles. The zero-order valence-electron chi connectivity index (χ0n) is 23.3. The van der Waals surface area contributed by atoms with Gasteiger partial charge in [-0.25, -0.2) is 0 Å². The number of likely N-dealkylation sites (N-methyl/N-ethyl adjacent to an activating group) is 2. The van der Waals surface area contributed by atoms with E-state index in [1.54, 1.807) is 0 Å². The number of hydrogen-bond donors (Lipinski definition) is 0. The van der Waals surface area contributed by atoms with Crippen molar-refractivity contribution in [1.82, 2.24) is 0 Å². The highest BCUT2D eigenvalue weighted by Crippen LogP contribution is 2.12. The Morgan fingerprint density at radius 1 is 0.545 bits per heavy atom. The summed E-state index contributed by atoms with van der Waals surface area (Å²) in [4.78, 5) is 24.7. The van der Waals surface area contributed by atoms with Crippen molar-refractivity contribution < 1.29 is 18.6 Å². The van der Waals surface area contributed by atoms with Gasteiger partial charge in [-0.1, -0.05) is 78.1 Å². The molecule has 0 spiro atoms. The fourth-order valence-electron chi connectivity index (χ4n) is 4.20. The lowest BCUT2D eigenvalue weighted by molar-refractivity contribution is -0.880. The fraction of sp³-hybridized carbons (Fsp3) is 0.929. The molecule has 0 amide bonds. The molecule has 0 aliphatic heterocycles. The first-order chi connectivity index (χ1) is 15.6. The van der Waals surface area contributed by atoms with Gasteiger partial charge in [0.05, 0.1) is 41.3 Å². The molecule has 0 radical (unpaired) electrons. The van der Waals surface area contributed by atoms with Crippen LogP contribution < -0.4 is 0 Å². The van der Waals surface area contributed by atoms with Crippen LogP contribution in [0.15, 0.2) is 0 Å². The molecule has 0 saturated heterocycles. The Morgan fingerprint density at radius 3 is 1.24 bits per heavy atom. The van der Waals surface area contributed by atoms with Crippen molar-refractivity contribution in [3.05, 3.63) is 0 Å². The zero-order chi connectivity index (χ0) is 25.0. The van der Waals surface area contributed by atoms with Gasteiger partial charge in [-0.05, 0) is 12.8 Å². The maximum absolute atomic E-state index is 12.4. The van der Waals surface area contributed by atoms with Crippen LogP contribution in [-0.4, -0.2) is 86.4 Å². The molecule has 0 aromatic rings. The quantitative estimate of drug-likeness (QED) is 0.115. The van der Waals surface area contributed by atoms with Gasteiger partial charge in [0.15, 0.2) is 11.6 Å². The van der Waals surface area contributed by atoms with Crippen molar-refractivity contribution in [2.24, 2.45) is 0 Å². The highest BCUT2D eigenvalue weighted by Gasteiger charge is 2.21. The summed E-state index contributed by atoms with van der Waals surface area (Å²) in [6, 6.07) is 0.